The molecule has 0 saturated heterocycles. The van der Waals surface area contributed by atoms with Gasteiger partial charge in [0.05, 0.1) is 11.1 Å². The summed E-state index contributed by atoms with van der Waals surface area (Å²) in [4.78, 5) is 29.8. The summed E-state index contributed by atoms with van der Waals surface area (Å²) in [5, 5.41) is 0. The Morgan fingerprint density at radius 2 is 0.636 bits per heavy atom. The van der Waals surface area contributed by atoms with E-state index in [0.29, 0.717) is 28.0 Å². The van der Waals surface area contributed by atoms with E-state index < -0.39 is 29.3 Å². The molecular weight excluding hydrogens is 969 g/mol. The van der Waals surface area contributed by atoms with Crippen LogP contribution in [0.5, 0.6) is 51.7 Å². The van der Waals surface area contributed by atoms with E-state index in [1.807, 2.05) is 212 Å². The molecule has 0 N–H and O–H groups in total. The number of hydrogen-bond acceptors (Lipinski definition) is 11. The fourth-order valence-corrected chi connectivity index (χ4v) is 9.85. The van der Waals surface area contributed by atoms with Gasteiger partial charge in [0.25, 0.3) is 0 Å². The molecule has 0 amide bonds. The first kappa shape index (κ1) is 46.5. The molecule has 0 radical (unpaired) electrons. The largest absolute Gasteiger partial charge is 0.485 e. The summed E-state index contributed by atoms with van der Waals surface area (Å²) < 4.78 is 60.1. The Morgan fingerprint density at radius 3 is 1.04 bits per heavy atom. The first-order valence-corrected chi connectivity index (χ1v) is 24.9. The van der Waals surface area contributed by atoms with E-state index in [0.717, 1.165) is 16.7 Å². The third-order valence-electron chi connectivity index (χ3n) is 13.5. The van der Waals surface area contributed by atoms with Gasteiger partial charge in [0, 0.05) is 33.4 Å². The zero-order chi connectivity index (χ0) is 51.8. The van der Waals surface area contributed by atoms with Crippen molar-refractivity contribution < 1.29 is 52.2 Å². The van der Waals surface area contributed by atoms with Gasteiger partial charge in [-0.2, -0.15) is 0 Å². The molecule has 374 valence electrons. The number of carbonyl (C=O) groups is 2. The number of esters is 2. The summed E-state index contributed by atoms with van der Waals surface area (Å²) in [6.07, 6.45) is 0. The molecule has 10 aromatic rings. The molecular formula is C66H44O11. The Kier molecular flexibility index (Phi) is 11.6. The van der Waals surface area contributed by atoms with Gasteiger partial charge in [-0.15, -0.1) is 0 Å². The topological polar surface area (TPSA) is 117 Å². The minimum Gasteiger partial charge on any atom is -0.485 e. The van der Waals surface area contributed by atoms with Crippen molar-refractivity contribution in [2.75, 3.05) is 0 Å². The SMILES string of the molecule is O=C(Oc1cccc2c1OC(c1ccccc1)(c1ccccc1)O2)c1cc(OC(=O)c2cc(OCc3ccccc3)c3c(c2)OC(c2ccccc2)(c2ccccc2)O3)c2c(c1)OC(c1ccccc1)(c1ccccc1)O2. The average Bonchev–Trinajstić information content (AvgIpc) is 4.39. The Labute approximate surface area is 442 Å². The monoisotopic (exact) mass is 1010 g/mol. The van der Waals surface area contributed by atoms with Gasteiger partial charge in [0.2, 0.25) is 17.2 Å². The Morgan fingerprint density at radius 1 is 0.312 bits per heavy atom. The number of benzene rings is 10. The van der Waals surface area contributed by atoms with Gasteiger partial charge < -0.3 is 42.6 Å². The van der Waals surface area contributed by atoms with E-state index in [1.165, 1.54) is 12.1 Å². The van der Waals surface area contributed by atoms with Crippen molar-refractivity contribution in [3.63, 3.8) is 0 Å². The molecule has 13 rings (SSSR count). The second-order valence-electron chi connectivity index (χ2n) is 18.4. The lowest BCUT2D eigenvalue weighted by Gasteiger charge is -2.28. The zero-order valence-electron chi connectivity index (χ0n) is 40.9. The van der Waals surface area contributed by atoms with Gasteiger partial charge in [-0.25, -0.2) is 9.59 Å². The smallest absolute Gasteiger partial charge is 0.343 e. The lowest BCUT2D eigenvalue weighted by atomic mass is 9.97. The molecule has 10 aromatic carbocycles. The predicted molar refractivity (Wildman–Crippen MR) is 285 cm³/mol. The fraction of sp³-hybridized carbons (Fsp3) is 0.0606. The molecule has 3 heterocycles. The second kappa shape index (κ2) is 19.2. The highest BCUT2D eigenvalue weighted by atomic mass is 16.8. The quantitative estimate of drug-likeness (QED) is 0.0811. The molecule has 0 atom stereocenters. The van der Waals surface area contributed by atoms with E-state index in [1.54, 1.807) is 30.3 Å². The first-order chi connectivity index (χ1) is 37.9. The highest BCUT2D eigenvalue weighted by Crippen LogP contribution is 2.56. The van der Waals surface area contributed by atoms with Crippen molar-refractivity contribution >= 4 is 11.9 Å². The number of carbonyl (C=O) groups excluding carboxylic acids is 2. The molecule has 0 bridgehead atoms. The van der Waals surface area contributed by atoms with E-state index in [9.17, 15) is 4.79 Å². The summed E-state index contributed by atoms with van der Waals surface area (Å²) in [5.74, 6) is -4.63. The van der Waals surface area contributed by atoms with Gasteiger partial charge >= 0.3 is 29.3 Å². The van der Waals surface area contributed by atoms with Gasteiger partial charge in [-0.05, 0) is 42.0 Å². The molecule has 3 aliphatic heterocycles. The highest BCUT2D eigenvalue weighted by molar-refractivity contribution is 5.96. The zero-order valence-corrected chi connectivity index (χ0v) is 40.9. The van der Waals surface area contributed by atoms with Crippen LogP contribution in [0.4, 0.5) is 0 Å². The molecule has 0 spiro atoms. The van der Waals surface area contributed by atoms with Crippen LogP contribution in [0.15, 0.2) is 255 Å². The van der Waals surface area contributed by atoms with E-state index in [-0.39, 0.29) is 63.7 Å². The number of ether oxygens (including phenoxy) is 9. The van der Waals surface area contributed by atoms with E-state index in [4.69, 9.17) is 42.6 Å². The van der Waals surface area contributed by atoms with Crippen LogP contribution in [0.25, 0.3) is 0 Å². The van der Waals surface area contributed by atoms with Crippen molar-refractivity contribution in [1.29, 1.82) is 0 Å². The van der Waals surface area contributed by atoms with E-state index >= 15 is 4.79 Å². The maximum absolute atomic E-state index is 15.0. The maximum atomic E-state index is 15.0. The standard InChI is InChI=1S/C66H44O11/c67-62(70-53-37-22-38-54-59(53)75-64(72-54,47-25-10-2-11-26-47)48-27-12-3-13-28-48)46-40-56(61-58(42-46)74-66(77-61,51-33-18-6-19-34-51)52-35-20-7-21-36-52)71-63(68)45-39-55(69-43-44-23-8-1-9-24-44)60-57(41-45)73-65(76-60,49-29-14-4-15-30-49)50-31-16-5-17-32-50/h1-42H,43H2. The summed E-state index contributed by atoms with van der Waals surface area (Å²) >= 11 is 0. The van der Waals surface area contributed by atoms with Gasteiger partial charge in [0.15, 0.2) is 34.5 Å². The molecule has 0 aromatic heterocycles. The van der Waals surface area contributed by atoms with Gasteiger partial charge in [-0.3, -0.25) is 0 Å². The number of fused-ring (bicyclic) bond motifs is 3. The maximum Gasteiger partial charge on any atom is 0.343 e. The number of rotatable bonds is 13. The molecule has 77 heavy (non-hydrogen) atoms. The molecule has 0 unspecified atom stereocenters. The van der Waals surface area contributed by atoms with Crippen LogP contribution in [0.3, 0.4) is 0 Å². The molecule has 0 fully saturated rings. The van der Waals surface area contributed by atoms with Gasteiger partial charge in [-0.1, -0.05) is 218 Å². The minimum atomic E-state index is -1.58. The molecule has 3 aliphatic rings. The van der Waals surface area contributed by atoms with Crippen molar-refractivity contribution in [2.45, 2.75) is 24.0 Å². The lowest BCUT2D eigenvalue weighted by molar-refractivity contribution is -0.0471. The van der Waals surface area contributed by atoms with Crippen LogP contribution < -0.4 is 42.6 Å². The summed E-state index contributed by atoms with van der Waals surface area (Å²) in [5.41, 5.74) is 5.05. The molecule has 0 saturated carbocycles. The summed E-state index contributed by atoms with van der Waals surface area (Å²) in [6, 6.07) is 77.6. The van der Waals surface area contributed by atoms with Crippen LogP contribution in [0.2, 0.25) is 0 Å². The summed E-state index contributed by atoms with van der Waals surface area (Å²) in [6.45, 7) is 0.143. The fourth-order valence-electron chi connectivity index (χ4n) is 9.85. The summed E-state index contributed by atoms with van der Waals surface area (Å²) in [7, 11) is 0. The average molecular weight is 1010 g/mol. The van der Waals surface area contributed by atoms with Crippen LogP contribution in [-0.2, 0) is 24.0 Å². The number of para-hydroxylation sites is 1. The number of hydrogen-bond donors (Lipinski definition) is 0. The van der Waals surface area contributed by atoms with Crippen LogP contribution in [-0.4, -0.2) is 11.9 Å². The predicted octanol–water partition coefficient (Wildman–Crippen LogP) is 13.7. The third-order valence-corrected chi connectivity index (χ3v) is 13.5. The normalized spacial score (nSPS) is 14.5. The Hall–Kier alpha value is -10.3. The van der Waals surface area contributed by atoms with E-state index in [2.05, 4.69) is 0 Å². The minimum absolute atomic E-state index is 0.0333. The molecule has 0 aliphatic carbocycles. The van der Waals surface area contributed by atoms with Crippen molar-refractivity contribution in [3.8, 4) is 51.7 Å². The van der Waals surface area contributed by atoms with Crippen LogP contribution in [0.1, 0.15) is 59.7 Å². The van der Waals surface area contributed by atoms with Gasteiger partial charge in [0.1, 0.15) is 6.61 Å². The highest BCUT2D eigenvalue weighted by Gasteiger charge is 2.50. The lowest BCUT2D eigenvalue weighted by Crippen LogP contribution is -2.36. The Balaban J connectivity index is 0.892. The Bertz CT molecular complexity index is 3670. The van der Waals surface area contributed by atoms with Crippen LogP contribution >= 0.6 is 0 Å². The van der Waals surface area contributed by atoms with Crippen molar-refractivity contribution in [2.24, 2.45) is 0 Å². The second-order valence-corrected chi connectivity index (χ2v) is 18.4. The van der Waals surface area contributed by atoms with Crippen LogP contribution in [0, 0.1) is 0 Å². The van der Waals surface area contributed by atoms with Crippen molar-refractivity contribution in [3.05, 3.63) is 305 Å². The van der Waals surface area contributed by atoms with Crippen molar-refractivity contribution in [1.82, 2.24) is 0 Å². The molecule has 11 heteroatoms. The molecule has 11 nitrogen and oxygen atoms in total. The third kappa shape index (κ3) is 8.36. The first-order valence-electron chi connectivity index (χ1n) is 24.9.